The fraction of sp³-hybridized carbons (Fsp3) is 0.385. The number of nitrogens with two attached hydrogens (primary N) is 1. The standard InChI is InChI=1S/C13H16N2O2/c1-9(8-14)15-12(16)7-11(13(15)17)10-5-3-2-4-6-10/h2-6,9,11H,7-8,14H2,1H3. The quantitative estimate of drug-likeness (QED) is 0.787. The van der Waals surface area contributed by atoms with Crippen molar-refractivity contribution in [2.24, 2.45) is 5.73 Å². The summed E-state index contributed by atoms with van der Waals surface area (Å²) in [6, 6.07) is 9.19. The zero-order valence-corrected chi connectivity index (χ0v) is 9.80. The smallest absolute Gasteiger partial charge is 0.237 e. The van der Waals surface area contributed by atoms with E-state index in [4.69, 9.17) is 5.73 Å². The largest absolute Gasteiger partial charge is 0.328 e. The van der Waals surface area contributed by atoms with Crippen molar-refractivity contribution in [3.63, 3.8) is 0 Å². The van der Waals surface area contributed by atoms with Crippen molar-refractivity contribution in [3.8, 4) is 0 Å². The topological polar surface area (TPSA) is 63.4 Å². The molecule has 0 radical (unpaired) electrons. The minimum absolute atomic E-state index is 0.123. The van der Waals surface area contributed by atoms with E-state index in [1.807, 2.05) is 30.3 Å². The molecule has 1 saturated heterocycles. The van der Waals surface area contributed by atoms with E-state index in [-0.39, 0.29) is 30.2 Å². The zero-order chi connectivity index (χ0) is 12.4. The van der Waals surface area contributed by atoms with Crippen LogP contribution in [0.3, 0.4) is 0 Å². The molecule has 1 aromatic carbocycles. The number of hydrogen-bond donors (Lipinski definition) is 1. The van der Waals surface area contributed by atoms with Crippen LogP contribution in [0.5, 0.6) is 0 Å². The summed E-state index contributed by atoms with van der Waals surface area (Å²) < 4.78 is 0. The summed E-state index contributed by atoms with van der Waals surface area (Å²) in [5, 5.41) is 0. The fourth-order valence-corrected chi connectivity index (χ4v) is 2.17. The fourth-order valence-electron chi connectivity index (χ4n) is 2.17. The van der Waals surface area contributed by atoms with E-state index in [0.717, 1.165) is 5.56 Å². The average Bonchev–Trinajstić information content (AvgIpc) is 2.65. The summed E-state index contributed by atoms with van der Waals surface area (Å²) in [7, 11) is 0. The predicted molar refractivity (Wildman–Crippen MR) is 64.2 cm³/mol. The Bertz CT molecular complexity index is 430. The molecule has 17 heavy (non-hydrogen) atoms. The highest BCUT2D eigenvalue weighted by molar-refractivity contribution is 6.06. The van der Waals surface area contributed by atoms with Gasteiger partial charge in [-0.1, -0.05) is 30.3 Å². The van der Waals surface area contributed by atoms with E-state index in [1.54, 1.807) is 6.92 Å². The van der Waals surface area contributed by atoms with Crippen molar-refractivity contribution in [2.75, 3.05) is 6.54 Å². The minimum Gasteiger partial charge on any atom is -0.328 e. The van der Waals surface area contributed by atoms with Crippen LogP contribution in [-0.4, -0.2) is 29.3 Å². The van der Waals surface area contributed by atoms with Gasteiger partial charge in [0.15, 0.2) is 0 Å². The molecule has 1 aromatic rings. The minimum atomic E-state index is -0.335. The molecule has 2 N–H and O–H groups in total. The van der Waals surface area contributed by atoms with Crippen molar-refractivity contribution >= 4 is 11.8 Å². The van der Waals surface area contributed by atoms with Gasteiger partial charge in [0.25, 0.3) is 0 Å². The van der Waals surface area contributed by atoms with Crippen LogP contribution in [-0.2, 0) is 9.59 Å². The van der Waals surface area contributed by atoms with E-state index in [9.17, 15) is 9.59 Å². The van der Waals surface area contributed by atoms with Crippen molar-refractivity contribution < 1.29 is 9.59 Å². The van der Waals surface area contributed by atoms with Crippen LogP contribution in [0.1, 0.15) is 24.8 Å². The lowest BCUT2D eigenvalue weighted by molar-refractivity contribution is -0.140. The van der Waals surface area contributed by atoms with Crippen molar-refractivity contribution in [1.29, 1.82) is 0 Å². The maximum atomic E-state index is 12.2. The second-order valence-electron chi connectivity index (χ2n) is 4.35. The number of carbonyl (C=O) groups excluding carboxylic acids is 2. The number of carbonyl (C=O) groups is 2. The number of amides is 2. The molecule has 4 heteroatoms. The van der Waals surface area contributed by atoms with Crippen LogP contribution < -0.4 is 5.73 Å². The monoisotopic (exact) mass is 232 g/mol. The number of hydrogen-bond acceptors (Lipinski definition) is 3. The van der Waals surface area contributed by atoms with Crippen molar-refractivity contribution in [3.05, 3.63) is 35.9 Å². The highest BCUT2D eigenvalue weighted by atomic mass is 16.2. The van der Waals surface area contributed by atoms with Gasteiger partial charge in [-0.15, -0.1) is 0 Å². The molecule has 2 rings (SSSR count). The van der Waals surface area contributed by atoms with Gasteiger partial charge in [0.2, 0.25) is 11.8 Å². The Balaban J connectivity index is 2.25. The summed E-state index contributed by atoms with van der Waals surface area (Å²) >= 11 is 0. The molecule has 2 unspecified atom stereocenters. The van der Waals surface area contributed by atoms with Crippen LogP contribution in [0.25, 0.3) is 0 Å². The second kappa shape index (κ2) is 4.67. The highest BCUT2D eigenvalue weighted by Gasteiger charge is 2.41. The SMILES string of the molecule is CC(CN)N1C(=O)CC(c2ccccc2)C1=O. The number of nitrogens with zero attached hydrogens (tertiary/aromatic N) is 1. The van der Waals surface area contributed by atoms with Crippen molar-refractivity contribution in [2.45, 2.75) is 25.3 Å². The number of rotatable bonds is 3. The first kappa shape index (κ1) is 11.8. The van der Waals surface area contributed by atoms with Gasteiger partial charge in [-0.05, 0) is 12.5 Å². The van der Waals surface area contributed by atoms with Gasteiger partial charge in [0.05, 0.1) is 5.92 Å². The molecule has 4 nitrogen and oxygen atoms in total. The normalized spacial score (nSPS) is 22.0. The third-order valence-electron chi connectivity index (χ3n) is 3.17. The van der Waals surface area contributed by atoms with E-state index in [1.165, 1.54) is 4.90 Å². The Morgan fingerprint density at radius 1 is 1.35 bits per heavy atom. The third kappa shape index (κ3) is 2.08. The Morgan fingerprint density at radius 2 is 2.00 bits per heavy atom. The van der Waals surface area contributed by atoms with Gasteiger partial charge in [-0.3, -0.25) is 14.5 Å². The Morgan fingerprint density at radius 3 is 2.59 bits per heavy atom. The summed E-state index contributed by atoms with van der Waals surface area (Å²) in [5.74, 6) is -0.585. The van der Waals surface area contributed by atoms with E-state index in [2.05, 4.69) is 0 Å². The summed E-state index contributed by atoms with van der Waals surface area (Å²) in [6.07, 6.45) is 0.257. The molecule has 0 bridgehead atoms. The van der Waals surface area contributed by atoms with Crippen LogP contribution in [0.15, 0.2) is 30.3 Å². The predicted octanol–water partition coefficient (Wildman–Crippen LogP) is 0.876. The summed E-state index contributed by atoms with van der Waals surface area (Å²) in [4.78, 5) is 25.3. The first-order chi connectivity index (χ1) is 8.15. The van der Waals surface area contributed by atoms with Gasteiger partial charge >= 0.3 is 0 Å². The number of likely N-dealkylation sites (tertiary alicyclic amines) is 1. The van der Waals surface area contributed by atoms with E-state index < -0.39 is 0 Å². The first-order valence-electron chi connectivity index (χ1n) is 5.76. The Kier molecular flexibility index (Phi) is 3.24. The second-order valence-corrected chi connectivity index (χ2v) is 4.35. The summed E-state index contributed by atoms with van der Waals surface area (Å²) in [6.45, 7) is 2.10. The van der Waals surface area contributed by atoms with Crippen LogP contribution in [0.2, 0.25) is 0 Å². The molecule has 2 amide bonds. The molecule has 2 atom stereocenters. The van der Waals surface area contributed by atoms with Gasteiger partial charge in [0.1, 0.15) is 0 Å². The lowest BCUT2D eigenvalue weighted by Crippen LogP contribution is -2.42. The zero-order valence-electron chi connectivity index (χ0n) is 9.80. The van der Waals surface area contributed by atoms with Gasteiger partial charge in [-0.2, -0.15) is 0 Å². The van der Waals surface area contributed by atoms with Gasteiger partial charge < -0.3 is 5.73 Å². The van der Waals surface area contributed by atoms with Gasteiger partial charge in [0, 0.05) is 19.0 Å². The maximum absolute atomic E-state index is 12.2. The van der Waals surface area contributed by atoms with Gasteiger partial charge in [-0.25, -0.2) is 0 Å². The summed E-state index contributed by atoms with van der Waals surface area (Å²) in [5.41, 5.74) is 6.41. The molecule has 1 heterocycles. The lowest BCUT2D eigenvalue weighted by atomic mass is 9.98. The first-order valence-corrected chi connectivity index (χ1v) is 5.76. The average molecular weight is 232 g/mol. The lowest BCUT2D eigenvalue weighted by Gasteiger charge is -2.21. The molecule has 0 saturated carbocycles. The molecule has 1 aliphatic heterocycles. The molecular formula is C13H16N2O2. The van der Waals surface area contributed by atoms with Crippen molar-refractivity contribution in [1.82, 2.24) is 4.90 Å². The Labute approximate surface area is 100 Å². The number of benzene rings is 1. The van der Waals surface area contributed by atoms with Crippen LogP contribution in [0.4, 0.5) is 0 Å². The molecule has 1 aliphatic rings. The number of imide groups is 1. The molecular weight excluding hydrogens is 216 g/mol. The van der Waals surface area contributed by atoms with E-state index in [0.29, 0.717) is 6.54 Å². The molecule has 90 valence electrons. The molecule has 0 aliphatic carbocycles. The van der Waals surface area contributed by atoms with E-state index >= 15 is 0 Å². The molecule has 1 fully saturated rings. The molecule has 0 aromatic heterocycles. The third-order valence-corrected chi connectivity index (χ3v) is 3.17. The van der Waals surface area contributed by atoms with Crippen LogP contribution in [0, 0.1) is 0 Å². The Hall–Kier alpha value is -1.68. The van der Waals surface area contributed by atoms with Crippen LogP contribution >= 0.6 is 0 Å². The maximum Gasteiger partial charge on any atom is 0.237 e. The molecule has 0 spiro atoms. The highest BCUT2D eigenvalue weighted by Crippen LogP contribution is 2.30.